The first-order valence-corrected chi connectivity index (χ1v) is 13.6. The van der Waals surface area contributed by atoms with Gasteiger partial charge in [-0.1, -0.05) is 134 Å². The number of hydrogen-bond donors (Lipinski definition) is 0. The fraction of sp³-hybridized carbons (Fsp3) is 0.724. The van der Waals surface area contributed by atoms with E-state index in [1.54, 1.807) is 0 Å². The van der Waals surface area contributed by atoms with E-state index in [4.69, 9.17) is 0 Å². The molecule has 2 rings (SSSR count). The lowest BCUT2D eigenvalue weighted by molar-refractivity contribution is 0.134. The summed E-state index contributed by atoms with van der Waals surface area (Å²) in [4.78, 5) is 5.12. The second-order valence-corrected chi connectivity index (χ2v) is 9.56. The van der Waals surface area contributed by atoms with Crippen LogP contribution in [0.2, 0.25) is 0 Å². The lowest BCUT2D eigenvalue weighted by atomic mass is 10.0. The first kappa shape index (κ1) is 25.8. The van der Waals surface area contributed by atoms with Crippen molar-refractivity contribution in [3.63, 3.8) is 0 Å². The zero-order chi connectivity index (χ0) is 22.0. The second-order valence-electron chi connectivity index (χ2n) is 9.56. The van der Waals surface area contributed by atoms with Gasteiger partial charge in [-0.15, -0.1) is 0 Å². The Labute approximate surface area is 194 Å². The van der Waals surface area contributed by atoms with Crippen LogP contribution in [-0.2, 0) is 6.54 Å². The molecule has 0 aliphatic carbocycles. The maximum absolute atomic E-state index is 2.59. The molecule has 1 aliphatic heterocycles. The molecule has 0 bridgehead atoms. The minimum atomic E-state index is 0.548. The molecule has 0 saturated carbocycles. The minimum absolute atomic E-state index is 0.548. The van der Waals surface area contributed by atoms with Gasteiger partial charge in [-0.05, 0) is 18.4 Å². The van der Waals surface area contributed by atoms with E-state index in [0.29, 0.717) is 6.17 Å². The van der Waals surface area contributed by atoms with Crippen molar-refractivity contribution in [3.8, 4) is 0 Å². The van der Waals surface area contributed by atoms with Gasteiger partial charge in [0.05, 0.1) is 0 Å². The molecule has 0 N–H and O–H groups in total. The van der Waals surface area contributed by atoms with Crippen LogP contribution in [0.1, 0.15) is 122 Å². The van der Waals surface area contributed by atoms with E-state index in [2.05, 4.69) is 66.4 Å². The lowest BCUT2D eigenvalue weighted by Crippen LogP contribution is -2.38. The van der Waals surface area contributed by atoms with Crippen LogP contribution in [0.15, 0.2) is 42.7 Å². The maximum Gasteiger partial charge on any atom is 0.101 e. The Morgan fingerprint density at radius 2 is 1.10 bits per heavy atom. The predicted molar refractivity (Wildman–Crippen MR) is 137 cm³/mol. The molecule has 0 amide bonds. The highest BCUT2D eigenvalue weighted by atomic mass is 15.4. The molecule has 1 unspecified atom stereocenters. The van der Waals surface area contributed by atoms with Crippen LogP contribution >= 0.6 is 0 Å². The summed E-state index contributed by atoms with van der Waals surface area (Å²) in [7, 11) is 0. The van der Waals surface area contributed by atoms with Crippen molar-refractivity contribution in [2.45, 2.75) is 129 Å². The first-order valence-electron chi connectivity index (χ1n) is 13.6. The van der Waals surface area contributed by atoms with Crippen LogP contribution < -0.4 is 0 Å². The van der Waals surface area contributed by atoms with Gasteiger partial charge in [-0.25, -0.2) is 0 Å². The molecule has 2 heteroatoms. The van der Waals surface area contributed by atoms with E-state index >= 15 is 0 Å². The summed E-state index contributed by atoms with van der Waals surface area (Å²) in [5.41, 5.74) is 1.41. The Kier molecular flexibility index (Phi) is 14.3. The minimum Gasteiger partial charge on any atom is -0.356 e. The topological polar surface area (TPSA) is 6.48 Å². The molecular formula is C29H50N2. The van der Waals surface area contributed by atoms with E-state index in [9.17, 15) is 0 Å². The van der Waals surface area contributed by atoms with Crippen LogP contribution in [-0.4, -0.2) is 22.5 Å². The molecular weight excluding hydrogens is 376 g/mol. The molecule has 1 aromatic rings. The molecule has 0 aromatic heterocycles. The Bertz CT molecular complexity index is 553. The smallest absolute Gasteiger partial charge is 0.101 e. The van der Waals surface area contributed by atoms with Crippen LogP contribution in [0.25, 0.3) is 0 Å². The average molecular weight is 427 g/mol. The quantitative estimate of drug-likeness (QED) is 0.204. The van der Waals surface area contributed by atoms with Gasteiger partial charge in [0.1, 0.15) is 6.17 Å². The number of unbranched alkanes of at least 4 members (excludes halogenated alkanes) is 13. The Morgan fingerprint density at radius 1 is 0.581 bits per heavy atom. The van der Waals surface area contributed by atoms with Gasteiger partial charge >= 0.3 is 0 Å². The summed E-state index contributed by atoms with van der Waals surface area (Å²) in [6.07, 6.45) is 27.7. The highest BCUT2D eigenvalue weighted by Gasteiger charge is 2.24. The average Bonchev–Trinajstić information content (AvgIpc) is 3.16. The Morgan fingerprint density at radius 3 is 1.65 bits per heavy atom. The van der Waals surface area contributed by atoms with E-state index < -0.39 is 0 Å². The summed E-state index contributed by atoms with van der Waals surface area (Å²) in [5, 5.41) is 0. The van der Waals surface area contributed by atoms with E-state index in [0.717, 1.165) is 6.54 Å². The maximum atomic E-state index is 2.59. The van der Waals surface area contributed by atoms with Gasteiger partial charge in [0, 0.05) is 25.5 Å². The van der Waals surface area contributed by atoms with Crippen LogP contribution in [0.4, 0.5) is 0 Å². The number of nitrogens with zero attached hydrogens (tertiary/aromatic N) is 2. The van der Waals surface area contributed by atoms with E-state index in [1.807, 2.05) is 0 Å². The van der Waals surface area contributed by atoms with Crippen molar-refractivity contribution < 1.29 is 0 Å². The molecule has 1 heterocycles. The van der Waals surface area contributed by atoms with Crippen molar-refractivity contribution in [2.24, 2.45) is 0 Å². The van der Waals surface area contributed by atoms with Gasteiger partial charge in [-0.2, -0.15) is 0 Å². The lowest BCUT2D eigenvalue weighted by Gasteiger charge is -2.33. The van der Waals surface area contributed by atoms with Crippen molar-refractivity contribution in [1.29, 1.82) is 0 Å². The van der Waals surface area contributed by atoms with Crippen molar-refractivity contribution in [3.05, 3.63) is 48.3 Å². The third kappa shape index (κ3) is 11.1. The number of rotatable bonds is 19. The zero-order valence-corrected chi connectivity index (χ0v) is 20.7. The summed E-state index contributed by atoms with van der Waals surface area (Å²) < 4.78 is 0. The molecule has 1 aliphatic rings. The van der Waals surface area contributed by atoms with Gasteiger partial charge in [0.25, 0.3) is 0 Å². The van der Waals surface area contributed by atoms with Gasteiger partial charge in [0.15, 0.2) is 0 Å². The summed E-state index contributed by atoms with van der Waals surface area (Å²) >= 11 is 0. The van der Waals surface area contributed by atoms with E-state index in [-0.39, 0.29) is 0 Å². The van der Waals surface area contributed by atoms with E-state index in [1.165, 1.54) is 115 Å². The monoisotopic (exact) mass is 426 g/mol. The standard InChI is InChI=1S/C29H50N2/c1-3-5-6-7-8-9-10-11-12-13-14-15-16-20-24-30-25-26-31(29(30)21-4-2)27-28-22-18-17-19-23-28/h17-19,22-23,25-26,29H,3-16,20-21,24,27H2,1-2H3. The first-order chi connectivity index (χ1) is 15.3. The third-order valence-corrected chi connectivity index (χ3v) is 6.74. The van der Waals surface area contributed by atoms with Gasteiger partial charge < -0.3 is 9.80 Å². The predicted octanol–water partition coefficient (Wildman–Crippen LogP) is 8.88. The number of benzene rings is 1. The molecule has 1 aromatic carbocycles. The molecule has 0 radical (unpaired) electrons. The van der Waals surface area contributed by atoms with Gasteiger partial charge in [0.2, 0.25) is 0 Å². The van der Waals surface area contributed by atoms with Crippen molar-refractivity contribution in [2.75, 3.05) is 6.54 Å². The fourth-order valence-electron chi connectivity index (χ4n) is 4.82. The largest absolute Gasteiger partial charge is 0.356 e. The summed E-state index contributed by atoms with van der Waals surface area (Å²) in [6, 6.07) is 10.9. The zero-order valence-electron chi connectivity index (χ0n) is 20.7. The third-order valence-electron chi connectivity index (χ3n) is 6.74. The Balaban J connectivity index is 1.48. The fourth-order valence-corrected chi connectivity index (χ4v) is 4.82. The normalized spacial score (nSPS) is 15.9. The van der Waals surface area contributed by atoms with Crippen molar-refractivity contribution >= 4 is 0 Å². The molecule has 0 spiro atoms. The molecule has 31 heavy (non-hydrogen) atoms. The Hall–Kier alpha value is -1.44. The molecule has 176 valence electrons. The van der Waals surface area contributed by atoms with Gasteiger partial charge in [-0.3, -0.25) is 0 Å². The SMILES string of the molecule is CCCCCCCCCCCCCCCCN1C=CN(Cc2ccccc2)C1CCC. The highest BCUT2D eigenvalue weighted by molar-refractivity contribution is 5.15. The van der Waals surface area contributed by atoms with Crippen molar-refractivity contribution in [1.82, 2.24) is 9.80 Å². The molecule has 2 nitrogen and oxygen atoms in total. The number of hydrogen-bond acceptors (Lipinski definition) is 2. The van der Waals surface area contributed by atoms with Crippen LogP contribution in [0.3, 0.4) is 0 Å². The van der Waals surface area contributed by atoms with Crippen LogP contribution in [0.5, 0.6) is 0 Å². The molecule has 0 fully saturated rings. The summed E-state index contributed by atoms with van der Waals surface area (Å²) in [5.74, 6) is 0. The van der Waals surface area contributed by atoms with Crippen LogP contribution in [0, 0.1) is 0 Å². The second kappa shape index (κ2) is 17.2. The molecule has 1 atom stereocenters. The molecule has 0 saturated heterocycles. The highest BCUT2D eigenvalue weighted by Crippen LogP contribution is 2.23. The summed E-state index contributed by atoms with van der Waals surface area (Å²) in [6.45, 7) is 6.85.